The molecule has 90 valence electrons. The van der Waals surface area contributed by atoms with E-state index in [-0.39, 0.29) is 6.04 Å². The molecule has 0 aliphatic heterocycles. The third kappa shape index (κ3) is 2.25. The number of para-hydroxylation sites is 1. The van der Waals surface area contributed by atoms with Crippen LogP contribution in [0.2, 0.25) is 0 Å². The second kappa shape index (κ2) is 4.49. The zero-order valence-corrected chi connectivity index (χ0v) is 10.4. The van der Waals surface area contributed by atoms with Crippen molar-refractivity contribution in [2.45, 2.75) is 26.8 Å². The van der Waals surface area contributed by atoms with Gasteiger partial charge in [0.1, 0.15) is 0 Å². The molecule has 0 saturated heterocycles. The number of rotatable bonds is 3. The number of hydrogen-bond donors (Lipinski definition) is 2. The molecule has 0 atom stereocenters. The van der Waals surface area contributed by atoms with Gasteiger partial charge in [0.05, 0.1) is 11.4 Å². The Hall–Kier alpha value is -1.97. The van der Waals surface area contributed by atoms with E-state index < -0.39 is 0 Å². The van der Waals surface area contributed by atoms with Crippen LogP contribution in [0, 0.1) is 6.92 Å². The lowest BCUT2D eigenvalue weighted by Crippen LogP contribution is -2.08. The highest BCUT2D eigenvalue weighted by atomic mass is 15.4. The molecule has 0 spiro atoms. The predicted octanol–water partition coefficient (Wildman–Crippen LogP) is 3.10. The molecule has 0 aliphatic rings. The van der Waals surface area contributed by atoms with Crippen LogP contribution in [0.5, 0.6) is 0 Å². The summed E-state index contributed by atoms with van der Waals surface area (Å²) >= 11 is 0. The number of aromatic nitrogens is 2. The van der Waals surface area contributed by atoms with Crippen LogP contribution in [-0.4, -0.2) is 9.78 Å². The zero-order chi connectivity index (χ0) is 12.4. The topological polar surface area (TPSA) is 55.9 Å². The highest BCUT2D eigenvalue weighted by Gasteiger charge is 2.14. The van der Waals surface area contributed by atoms with Crippen molar-refractivity contribution >= 4 is 17.2 Å². The minimum absolute atomic E-state index is 0.275. The molecule has 4 heteroatoms. The molecule has 4 nitrogen and oxygen atoms in total. The maximum Gasteiger partial charge on any atom is 0.152 e. The van der Waals surface area contributed by atoms with Gasteiger partial charge in [-0.15, -0.1) is 0 Å². The van der Waals surface area contributed by atoms with Crippen molar-refractivity contribution in [1.29, 1.82) is 0 Å². The van der Waals surface area contributed by atoms with Gasteiger partial charge in [0.15, 0.2) is 5.82 Å². The third-order valence-corrected chi connectivity index (χ3v) is 2.66. The number of nitrogens with two attached hydrogens (primary N) is 1. The largest absolute Gasteiger partial charge is 0.394 e. The van der Waals surface area contributed by atoms with Gasteiger partial charge in [0.2, 0.25) is 0 Å². The fourth-order valence-corrected chi connectivity index (χ4v) is 1.72. The fourth-order valence-electron chi connectivity index (χ4n) is 1.72. The standard InChI is InChI=1S/C13H18N4/c1-9(2)17-13(12(14)10(3)16-17)15-11-7-5-4-6-8-11/h4-9,15H,14H2,1-3H3. The molecule has 0 unspecified atom stereocenters. The van der Waals surface area contributed by atoms with Crippen LogP contribution in [0.1, 0.15) is 25.6 Å². The van der Waals surface area contributed by atoms with E-state index in [0.29, 0.717) is 5.69 Å². The van der Waals surface area contributed by atoms with Crippen LogP contribution >= 0.6 is 0 Å². The first-order chi connectivity index (χ1) is 8.09. The summed E-state index contributed by atoms with van der Waals surface area (Å²) in [7, 11) is 0. The Morgan fingerprint density at radius 2 is 1.88 bits per heavy atom. The van der Waals surface area contributed by atoms with Crippen LogP contribution in [0.3, 0.4) is 0 Å². The van der Waals surface area contributed by atoms with E-state index in [4.69, 9.17) is 5.73 Å². The van der Waals surface area contributed by atoms with Crippen LogP contribution < -0.4 is 11.1 Å². The van der Waals surface area contributed by atoms with E-state index in [0.717, 1.165) is 17.2 Å². The number of nitrogens with zero attached hydrogens (tertiary/aromatic N) is 2. The Labute approximate surface area is 101 Å². The van der Waals surface area contributed by atoms with E-state index >= 15 is 0 Å². The van der Waals surface area contributed by atoms with Gasteiger partial charge in [-0.1, -0.05) is 18.2 Å². The van der Waals surface area contributed by atoms with Crippen molar-refractivity contribution in [1.82, 2.24) is 9.78 Å². The summed E-state index contributed by atoms with van der Waals surface area (Å²) in [5, 5.41) is 7.75. The number of hydrogen-bond acceptors (Lipinski definition) is 3. The third-order valence-electron chi connectivity index (χ3n) is 2.66. The molecule has 0 radical (unpaired) electrons. The number of aryl methyl sites for hydroxylation is 1. The average Bonchev–Trinajstić information content (AvgIpc) is 2.59. The van der Waals surface area contributed by atoms with E-state index in [2.05, 4.69) is 24.3 Å². The molecule has 2 aromatic rings. The Bertz CT molecular complexity index is 500. The number of nitrogens with one attached hydrogen (secondary N) is 1. The van der Waals surface area contributed by atoms with Gasteiger partial charge in [-0.25, -0.2) is 4.68 Å². The maximum absolute atomic E-state index is 6.04. The molecule has 17 heavy (non-hydrogen) atoms. The molecule has 0 aliphatic carbocycles. The van der Waals surface area contributed by atoms with E-state index in [1.54, 1.807) is 0 Å². The monoisotopic (exact) mass is 230 g/mol. The van der Waals surface area contributed by atoms with Crippen molar-refractivity contribution in [3.8, 4) is 0 Å². The second-order valence-corrected chi connectivity index (χ2v) is 4.38. The van der Waals surface area contributed by atoms with Gasteiger partial charge in [0, 0.05) is 11.7 Å². The predicted molar refractivity (Wildman–Crippen MR) is 71.5 cm³/mol. The van der Waals surface area contributed by atoms with Gasteiger partial charge < -0.3 is 11.1 Å². The Morgan fingerprint density at radius 3 is 2.47 bits per heavy atom. The summed E-state index contributed by atoms with van der Waals surface area (Å²) in [4.78, 5) is 0. The minimum atomic E-state index is 0.275. The number of nitrogen functional groups attached to an aromatic ring is 1. The number of benzene rings is 1. The van der Waals surface area contributed by atoms with Crippen molar-refractivity contribution < 1.29 is 0 Å². The summed E-state index contributed by atoms with van der Waals surface area (Å²) in [5.74, 6) is 0.865. The summed E-state index contributed by atoms with van der Waals surface area (Å²) < 4.78 is 1.91. The summed E-state index contributed by atoms with van der Waals surface area (Å²) in [6.07, 6.45) is 0. The maximum atomic E-state index is 6.04. The highest BCUT2D eigenvalue weighted by molar-refractivity contribution is 5.71. The lowest BCUT2D eigenvalue weighted by atomic mass is 10.3. The van der Waals surface area contributed by atoms with Crippen molar-refractivity contribution in [3.63, 3.8) is 0 Å². The van der Waals surface area contributed by atoms with Gasteiger partial charge >= 0.3 is 0 Å². The first kappa shape index (κ1) is 11.5. The van der Waals surface area contributed by atoms with Crippen LogP contribution in [0.15, 0.2) is 30.3 Å². The Kier molecular flexibility index (Phi) is 3.04. The molecule has 0 fully saturated rings. The Balaban J connectivity index is 2.38. The summed E-state index contributed by atoms with van der Waals surface area (Å²) in [5.41, 5.74) is 8.63. The van der Waals surface area contributed by atoms with Crippen molar-refractivity contribution in [2.75, 3.05) is 11.1 Å². The van der Waals surface area contributed by atoms with E-state index in [9.17, 15) is 0 Å². The fraction of sp³-hybridized carbons (Fsp3) is 0.308. The molecular weight excluding hydrogens is 212 g/mol. The first-order valence-electron chi connectivity index (χ1n) is 5.76. The zero-order valence-electron chi connectivity index (χ0n) is 10.4. The van der Waals surface area contributed by atoms with Gasteiger partial charge in [-0.2, -0.15) is 5.10 Å². The summed E-state index contributed by atoms with van der Waals surface area (Å²) in [6, 6.07) is 10.2. The molecule has 2 rings (SSSR count). The van der Waals surface area contributed by atoms with Crippen LogP contribution in [0.4, 0.5) is 17.2 Å². The molecule has 0 bridgehead atoms. The van der Waals surface area contributed by atoms with E-state index in [1.165, 1.54) is 0 Å². The summed E-state index contributed by atoms with van der Waals surface area (Å²) in [6.45, 7) is 6.09. The average molecular weight is 230 g/mol. The highest BCUT2D eigenvalue weighted by Crippen LogP contribution is 2.28. The van der Waals surface area contributed by atoms with E-state index in [1.807, 2.05) is 41.9 Å². The van der Waals surface area contributed by atoms with Gasteiger partial charge in [-0.05, 0) is 32.9 Å². The molecule has 3 N–H and O–H groups in total. The van der Waals surface area contributed by atoms with Gasteiger partial charge in [0.25, 0.3) is 0 Å². The normalized spacial score (nSPS) is 10.8. The molecule has 1 aromatic heterocycles. The second-order valence-electron chi connectivity index (χ2n) is 4.38. The lowest BCUT2D eigenvalue weighted by molar-refractivity contribution is 0.536. The lowest BCUT2D eigenvalue weighted by Gasteiger charge is -2.13. The minimum Gasteiger partial charge on any atom is -0.394 e. The quantitative estimate of drug-likeness (QED) is 0.851. The van der Waals surface area contributed by atoms with Crippen molar-refractivity contribution in [3.05, 3.63) is 36.0 Å². The Morgan fingerprint density at radius 1 is 1.24 bits per heavy atom. The SMILES string of the molecule is Cc1nn(C(C)C)c(Nc2ccccc2)c1N. The smallest absolute Gasteiger partial charge is 0.152 e. The van der Waals surface area contributed by atoms with Crippen LogP contribution in [0.25, 0.3) is 0 Å². The van der Waals surface area contributed by atoms with Crippen molar-refractivity contribution in [2.24, 2.45) is 0 Å². The molecular formula is C13H18N4. The van der Waals surface area contributed by atoms with Gasteiger partial charge in [-0.3, -0.25) is 0 Å². The number of anilines is 3. The molecule has 0 amide bonds. The first-order valence-corrected chi connectivity index (χ1v) is 5.76. The molecule has 1 heterocycles. The van der Waals surface area contributed by atoms with Crippen LogP contribution in [-0.2, 0) is 0 Å². The molecule has 0 saturated carbocycles. The molecule has 1 aromatic carbocycles.